The molecule has 0 spiro atoms. The molecule has 1 unspecified atom stereocenters. The maximum absolute atomic E-state index is 11.9. The molecule has 128 valence electrons. The molecule has 1 aliphatic rings. The van der Waals surface area contributed by atoms with Crippen molar-refractivity contribution in [2.75, 3.05) is 19.7 Å². The molecule has 1 heterocycles. The van der Waals surface area contributed by atoms with Crippen molar-refractivity contribution < 1.29 is 9.53 Å². The van der Waals surface area contributed by atoms with Crippen LogP contribution in [0.15, 0.2) is 48.5 Å². The van der Waals surface area contributed by atoms with Crippen molar-refractivity contribution in [2.24, 2.45) is 0 Å². The third kappa shape index (κ3) is 4.87. The van der Waals surface area contributed by atoms with E-state index in [0.717, 1.165) is 30.6 Å². The van der Waals surface area contributed by atoms with Crippen LogP contribution in [0.1, 0.15) is 6.42 Å². The maximum atomic E-state index is 11.9. The molecule has 3 rings (SSSR count). The summed E-state index contributed by atoms with van der Waals surface area (Å²) >= 11 is 6.27. The average Bonchev–Trinajstić information content (AvgIpc) is 3.07. The summed E-state index contributed by atoms with van der Waals surface area (Å²) in [6, 6.07) is 15.8. The highest BCUT2D eigenvalue weighted by molar-refractivity contribution is 6.32. The van der Waals surface area contributed by atoms with E-state index in [1.807, 2.05) is 42.5 Å². The number of ether oxygens (including phenoxy) is 1. The number of benzene rings is 2. The Morgan fingerprint density at radius 3 is 2.67 bits per heavy atom. The maximum Gasteiger partial charge on any atom is 0.258 e. The van der Waals surface area contributed by atoms with Gasteiger partial charge in [0.25, 0.3) is 5.91 Å². The lowest BCUT2D eigenvalue weighted by Crippen LogP contribution is -2.39. The zero-order valence-electron chi connectivity index (χ0n) is 13.1. The van der Waals surface area contributed by atoms with Gasteiger partial charge in [-0.1, -0.05) is 48.0 Å². The molecule has 2 N–H and O–H groups in total. The van der Waals surface area contributed by atoms with Crippen LogP contribution in [0.4, 0.5) is 0 Å². The highest BCUT2D eigenvalue weighted by atomic mass is 35.5. The highest BCUT2D eigenvalue weighted by Crippen LogP contribution is 2.30. The van der Waals surface area contributed by atoms with Crippen LogP contribution < -0.4 is 15.4 Å². The van der Waals surface area contributed by atoms with Crippen molar-refractivity contribution in [2.45, 2.75) is 12.5 Å². The zero-order valence-corrected chi connectivity index (χ0v) is 14.7. The molecule has 4 nitrogen and oxygen atoms in total. The fourth-order valence-electron chi connectivity index (χ4n) is 2.62. The molecular weight excluding hydrogens is 347 g/mol. The third-order valence-corrected chi connectivity index (χ3v) is 4.12. The van der Waals surface area contributed by atoms with Gasteiger partial charge in [-0.3, -0.25) is 4.79 Å². The predicted octanol–water partition coefficient (Wildman–Crippen LogP) is 3.29. The summed E-state index contributed by atoms with van der Waals surface area (Å²) in [5, 5.41) is 6.64. The van der Waals surface area contributed by atoms with Gasteiger partial charge in [-0.2, -0.15) is 0 Å². The molecule has 1 aliphatic heterocycles. The SMILES string of the molecule is Cl.O=C(COc1ccc(-c2ccccc2)cc1Cl)NC1CCNC1. The van der Waals surface area contributed by atoms with Gasteiger partial charge in [0, 0.05) is 12.6 Å². The third-order valence-electron chi connectivity index (χ3n) is 3.82. The molecular formula is C18H20Cl2N2O2. The number of carbonyl (C=O) groups excluding carboxylic acids is 1. The summed E-state index contributed by atoms with van der Waals surface area (Å²) in [7, 11) is 0. The Kier molecular flexibility index (Phi) is 6.91. The van der Waals surface area contributed by atoms with E-state index >= 15 is 0 Å². The molecule has 0 aliphatic carbocycles. The van der Waals surface area contributed by atoms with Crippen LogP contribution in [0.2, 0.25) is 5.02 Å². The lowest BCUT2D eigenvalue weighted by atomic mass is 10.1. The van der Waals surface area contributed by atoms with E-state index in [1.54, 1.807) is 6.07 Å². The topological polar surface area (TPSA) is 50.4 Å². The molecule has 2 aromatic rings. The van der Waals surface area contributed by atoms with Gasteiger partial charge in [0.1, 0.15) is 5.75 Å². The molecule has 2 aromatic carbocycles. The van der Waals surface area contributed by atoms with Crippen molar-refractivity contribution in [1.82, 2.24) is 10.6 Å². The smallest absolute Gasteiger partial charge is 0.258 e. The first-order valence-corrected chi connectivity index (χ1v) is 8.08. The lowest BCUT2D eigenvalue weighted by Gasteiger charge is -2.13. The molecule has 24 heavy (non-hydrogen) atoms. The summed E-state index contributed by atoms with van der Waals surface area (Å²) in [6.45, 7) is 1.73. The normalized spacial score (nSPS) is 16.3. The number of carbonyl (C=O) groups is 1. The summed E-state index contributed by atoms with van der Waals surface area (Å²) in [6.07, 6.45) is 0.957. The van der Waals surface area contributed by atoms with Gasteiger partial charge in [0.2, 0.25) is 0 Å². The van der Waals surface area contributed by atoms with Crippen LogP contribution in [0.25, 0.3) is 11.1 Å². The van der Waals surface area contributed by atoms with Crippen LogP contribution in [0.3, 0.4) is 0 Å². The van der Waals surface area contributed by atoms with Gasteiger partial charge in [0.15, 0.2) is 6.61 Å². The van der Waals surface area contributed by atoms with Gasteiger partial charge in [-0.25, -0.2) is 0 Å². The van der Waals surface area contributed by atoms with Crippen molar-refractivity contribution in [3.8, 4) is 16.9 Å². The Bertz CT molecular complexity index is 674. The quantitative estimate of drug-likeness (QED) is 0.853. The van der Waals surface area contributed by atoms with E-state index in [0.29, 0.717) is 10.8 Å². The molecule has 0 radical (unpaired) electrons. The second-order valence-corrected chi connectivity index (χ2v) is 5.96. The Labute approximate surface area is 153 Å². The highest BCUT2D eigenvalue weighted by Gasteiger charge is 2.17. The Morgan fingerprint density at radius 1 is 1.21 bits per heavy atom. The van der Waals surface area contributed by atoms with Gasteiger partial charge in [0.05, 0.1) is 5.02 Å². The first kappa shape index (κ1) is 18.6. The fourth-order valence-corrected chi connectivity index (χ4v) is 2.85. The molecule has 1 saturated heterocycles. The minimum absolute atomic E-state index is 0. The number of hydrogen-bond acceptors (Lipinski definition) is 3. The molecule has 6 heteroatoms. The van der Waals surface area contributed by atoms with E-state index in [9.17, 15) is 4.79 Å². The lowest BCUT2D eigenvalue weighted by molar-refractivity contribution is -0.123. The average molecular weight is 367 g/mol. The summed E-state index contributed by atoms with van der Waals surface area (Å²) in [4.78, 5) is 11.9. The van der Waals surface area contributed by atoms with Gasteiger partial charge < -0.3 is 15.4 Å². The van der Waals surface area contributed by atoms with E-state index in [4.69, 9.17) is 16.3 Å². The number of nitrogens with one attached hydrogen (secondary N) is 2. The Morgan fingerprint density at radius 2 is 2.00 bits per heavy atom. The minimum atomic E-state index is -0.123. The van der Waals surface area contributed by atoms with Crippen LogP contribution in [0.5, 0.6) is 5.75 Å². The molecule has 1 atom stereocenters. The number of hydrogen-bond donors (Lipinski definition) is 2. The predicted molar refractivity (Wildman–Crippen MR) is 99.0 cm³/mol. The number of rotatable bonds is 5. The fraction of sp³-hybridized carbons (Fsp3) is 0.278. The van der Waals surface area contributed by atoms with E-state index in [2.05, 4.69) is 10.6 Å². The minimum Gasteiger partial charge on any atom is -0.482 e. The van der Waals surface area contributed by atoms with Crippen LogP contribution in [-0.2, 0) is 4.79 Å². The van der Waals surface area contributed by atoms with Crippen LogP contribution in [-0.4, -0.2) is 31.6 Å². The van der Waals surface area contributed by atoms with E-state index < -0.39 is 0 Å². The monoisotopic (exact) mass is 366 g/mol. The summed E-state index contributed by atoms with van der Waals surface area (Å²) in [5.41, 5.74) is 2.11. The number of amides is 1. The Balaban J connectivity index is 0.00000208. The molecule has 0 aromatic heterocycles. The molecule has 1 fully saturated rings. The second kappa shape index (κ2) is 8.92. The van der Waals surface area contributed by atoms with Crippen molar-refractivity contribution in [3.05, 3.63) is 53.6 Å². The summed E-state index contributed by atoms with van der Waals surface area (Å²) in [5.74, 6) is 0.396. The largest absolute Gasteiger partial charge is 0.482 e. The van der Waals surface area contributed by atoms with Crippen molar-refractivity contribution in [3.63, 3.8) is 0 Å². The van der Waals surface area contributed by atoms with Gasteiger partial charge >= 0.3 is 0 Å². The van der Waals surface area contributed by atoms with Gasteiger partial charge in [-0.15, -0.1) is 12.4 Å². The molecule has 0 bridgehead atoms. The molecule has 0 saturated carbocycles. The summed E-state index contributed by atoms with van der Waals surface area (Å²) < 4.78 is 5.54. The van der Waals surface area contributed by atoms with E-state index in [1.165, 1.54) is 0 Å². The van der Waals surface area contributed by atoms with Crippen LogP contribution >= 0.6 is 24.0 Å². The Hall–Kier alpha value is -1.75. The molecule has 1 amide bonds. The first-order chi connectivity index (χ1) is 11.2. The van der Waals surface area contributed by atoms with Crippen molar-refractivity contribution >= 4 is 29.9 Å². The van der Waals surface area contributed by atoms with Gasteiger partial charge in [-0.05, 0) is 36.2 Å². The van der Waals surface area contributed by atoms with E-state index in [-0.39, 0.29) is 31.0 Å². The number of halogens is 2. The first-order valence-electron chi connectivity index (χ1n) is 7.70. The standard InChI is InChI=1S/C18H19ClN2O2.ClH/c19-16-10-14(13-4-2-1-3-5-13)6-7-17(16)23-12-18(22)21-15-8-9-20-11-15;/h1-7,10,15,20H,8-9,11-12H2,(H,21,22);1H. The van der Waals surface area contributed by atoms with Crippen molar-refractivity contribution in [1.29, 1.82) is 0 Å². The van der Waals surface area contributed by atoms with Crippen LogP contribution in [0, 0.1) is 0 Å². The second-order valence-electron chi connectivity index (χ2n) is 5.56. The zero-order chi connectivity index (χ0) is 16.1.